The Hall–Kier alpha value is -6.59. The summed E-state index contributed by atoms with van der Waals surface area (Å²) in [5, 5.41) is 7.05. The molecule has 0 atom stereocenters. The van der Waals surface area contributed by atoms with Crippen LogP contribution in [-0.2, 0) is 0 Å². The summed E-state index contributed by atoms with van der Waals surface area (Å²) in [5.74, 6) is 1.85. The maximum absolute atomic E-state index is 5.24. The second-order valence-electron chi connectivity index (χ2n) is 12.1. The molecule has 0 aliphatic heterocycles. The van der Waals surface area contributed by atoms with Crippen LogP contribution in [0.1, 0.15) is 0 Å². The van der Waals surface area contributed by atoms with Gasteiger partial charge in [-0.25, -0.2) is 4.98 Å². The molecule has 5 heteroatoms. The molecule has 0 aliphatic rings. The Labute approximate surface area is 276 Å². The van der Waals surface area contributed by atoms with Crippen molar-refractivity contribution in [3.05, 3.63) is 164 Å². The minimum absolute atomic E-state index is 0.590. The van der Waals surface area contributed by atoms with Crippen molar-refractivity contribution in [2.24, 2.45) is 0 Å². The number of hydrogen-bond donors (Lipinski definition) is 0. The molecule has 0 unspecified atom stereocenters. The lowest BCUT2D eigenvalue weighted by atomic mass is 10.1. The zero-order valence-corrected chi connectivity index (χ0v) is 25.8. The molecule has 48 heavy (non-hydrogen) atoms. The van der Waals surface area contributed by atoms with Crippen LogP contribution in [0.5, 0.6) is 0 Å². The van der Waals surface area contributed by atoms with Crippen LogP contribution in [0.25, 0.3) is 88.8 Å². The molecule has 10 aromatic rings. The number of benzene rings is 7. The summed E-state index contributed by atoms with van der Waals surface area (Å²) < 4.78 is 4.51. The molecule has 0 spiro atoms. The summed E-state index contributed by atoms with van der Waals surface area (Å²) in [6, 6.07) is 57.3. The first-order valence-electron chi connectivity index (χ1n) is 16.1. The van der Waals surface area contributed by atoms with Gasteiger partial charge in [0.05, 0.1) is 22.1 Å². The van der Waals surface area contributed by atoms with Crippen molar-refractivity contribution in [1.82, 2.24) is 24.1 Å². The van der Waals surface area contributed by atoms with Gasteiger partial charge < -0.3 is 4.57 Å². The highest BCUT2D eigenvalue weighted by molar-refractivity contribution is 6.13. The molecule has 0 saturated heterocycles. The van der Waals surface area contributed by atoms with Crippen molar-refractivity contribution in [1.29, 1.82) is 0 Å². The molecular weight excluding hydrogens is 587 g/mol. The topological polar surface area (TPSA) is 48.5 Å². The molecule has 0 aliphatic carbocycles. The Morgan fingerprint density at radius 2 is 0.875 bits per heavy atom. The molecule has 0 N–H and O–H groups in total. The van der Waals surface area contributed by atoms with Gasteiger partial charge in [-0.15, -0.1) is 0 Å². The Morgan fingerprint density at radius 3 is 1.60 bits per heavy atom. The summed E-state index contributed by atoms with van der Waals surface area (Å²) >= 11 is 0. The summed E-state index contributed by atoms with van der Waals surface area (Å²) in [7, 11) is 0. The van der Waals surface area contributed by atoms with Gasteiger partial charge in [-0.2, -0.15) is 9.97 Å². The highest BCUT2D eigenvalue weighted by Crippen LogP contribution is 2.37. The molecule has 3 heterocycles. The van der Waals surface area contributed by atoms with E-state index in [2.05, 4.69) is 155 Å². The van der Waals surface area contributed by atoms with Gasteiger partial charge in [0.25, 0.3) is 0 Å². The third-order valence-electron chi connectivity index (χ3n) is 9.34. The fraction of sp³-hybridized carbons (Fsp3) is 0. The van der Waals surface area contributed by atoms with Crippen LogP contribution in [0.3, 0.4) is 0 Å². The Morgan fingerprint density at radius 1 is 0.333 bits per heavy atom. The van der Waals surface area contributed by atoms with Crippen molar-refractivity contribution < 1.29 is 0 Å². The van der Waals surface area contributed by atoms with Crippen LogP contribution in [0, 0.1) is 0 Å². The molecule has 224 valence electrons. The van der Waals surface area contributed by atoms with E-state index in [1.807, 2.05) is 18.2 Å². The van der Waals surface area contributed by atoms with E-state index in [9.17, 15) is 0 Å². The van der Waals surface area contributed by atoms with Gasteiger partial charge in [0.1, 0.15) is 0 Å². The Bertz CT molecular complexity index is 2830. The van der Waals surface area contributed by atoms with Gasteiger partial charge >= 0.3 is 0 Å². The second-order valence-corrected chi connectivity index (χ2v) is 12.1. The van der Waals surface area contributed by atoms with Crippen LogP contribution >= 0.6 is 0 Å². The molecule has 0 fully saturated rings. The van der Waals surface area contributed by atoms with Crippen molar-refractivity contribution >= 4 is 54.4 Å². The average molecular weight is 614 g/mol. The van der Waals surface area contributed by atoms with Gasteiger partial charge in [0.2, 0.25) is 5.95 Å². The van der Waals surface area contributed by atoms with Crippen molar-refractivity contribution in [2.45, 2.75) is 0 Å². The third-order valence-corrected chi connectivity index (χ3v) is 9.34. The lowest BCUT2D eigenvalue weighted by Crippen LogP contribution is -2.06. The highest BCUT2D eigenvalue weighted by atomic mass is 15.2. The summed E-state index contributed by atoms with van der Waals surface area (Å²) in [4.78, 5) is 15.5. The molecule has 0 saturated carbocycles. The summed E-state index contributed by atoms with van der Waals surface area (Å²) in [6.45, 7) is 0. The molecule has 0 radical (unpaired) electrons. The first-order chi connectivity index (χ1) is 23.8. The van der Waals surface area contributed by atoms with Gasteiger partial charge in [0, 0.05) is 38.4 Å². The molecule has 0 amide bonds. The first kappa shape index (κ1) is 26.6. The van der Waals surface area contributed by atoms with Crippen LogP contribution in [-0.4, -0.2) is 24.1 Å². The maximum atomic E-state index is 5.24. The Balaban J connectivity index is 1.25. The van der Waals surface area contributed by atoms with Crippen LogP contribution < -0.4 is 0 Å². The Kier molecular flexibility index (Phi) is 5.81. The van der Waals surface area contributed by atoms with E-state index in [4.69, 9.17) is 15.0 Å². The predicted molar refractivity (Wildman–Crippen MR) is 197 cm³/mol. The summed E-state index contributed by atoms with van der Waals surface area (Å²) in [6.07, 6.45) is 0. The predicted octanol–water partition coefficient (Wildman–Crippen LogP) is 10.6. The van der Waals surface area contributed by atoms with E-state index in [0.29, 0.717) is 17.6 Å². The number of rotatable bonds is 4. The molecule has 7 aromatic carbocycles. The molecular formula is C43H27N5. The van der Waals surface area contributed by atoms with Crippen LogP contribution in [0.2, 0.25) is 0 Å². The summed E-state index contributed by atoms with van der Waals surface area (Å²) in [5.41, 5.74) is 7.42. The lowest BCUT2D eigenvalue weighted by molar-refractivity contribution is 0.954. The number of para-hydroxylation sites is 3. The van der Waals surface area contributed by atoms with Gasteiger partial charge in [-0.1, -0.05) is 109 Å². The van der Waals surface area contributed by atoms with Crippen LogP contribution in [0.15, 0.2) is 164 Å². The van der Waals surface area contributed by atoms with Crippen molar-refractivity contribution in [3.63, 3.8) is 0 Å². The van der Waals surface area contributed by atoms with Gasteiger partial charge in [0.15, 0.2) is 11.6 Å². The van der Waals surface area contributed by atoms with Crippen molar-refractivity contribution in [2.75, 3.05) is 0 Å². The average Bonchev–Trinajstić information content (AvgIpc) is 3.66. The van der Waals surface area contributed by atoms with E-state index >= 15 is 0 Å². The standard InChI is InChI=1S/C43H27N5/c1-3-13-28(14-4-1)41-44-42(31-23-24-39-35(26-31)33-19-9-11-21-37(33)47(39)32-17-5-2-6-18-32)46-43(45-41)48-38-22-12-10-20-34(38)36-25-29-15-7-8-16-30(29)27-40(36)48/h1-27H. The molecule has 0 bridgehead atoms. The molecule has 10 rings (SSSR count). The fourth-order valence-corrected chi connectivity index (χ4v) is 7.15. The van der Waals surface area contributed by atoms with Gasteiger partial charge in [-0.3, -0.25) is 4.57 Å². The van der Waals surface area contributed by atoms with Crippen molar-refractivity contribution in [3.8, 4) is 34.4 Å². The van der Waals surface area contributed by atoms with E-state index < -0.39 is 0 Å². The second kappa shape index (κ2) is 10.5. The minimum Gasteiger partial charge on any atom is -0.309 e. The van der Waals surface area contributed by atoms with E-state index in [0.717, 1.165) is 49.7 Å². The smallest absolute Gasteiger partial charge is 0.238 e. The maximum Gasteiger partial charge on any atom is 0.238 e. The highest BCUT2D eigenvalue weighted by Gasteiger charge is 2.19. The molecule has 3 aromatic heterocycles. The number of nitrogens with zero attached hydrogens (tertiary/aromatic N) is 5. The van der Waals surface area contributed by atoms with E-state index in [-0.39, 0.29) is 0 Å². The third kappa shape index (κ3) is 4.08. The largest absolute Gasteiger partial charge is 0.309 e. The lowest BCUT2D eigenvalue weighted by Gasteiger charge is -2.11. The monoisotopic (exact) mass is 613 g/mol. The van der Waals surface area contributed by atoms with E-state index in [1.165, 1.54) is 21.5 Å². The number of aromatic nitrogens is 5. The zero-order valence-electron chi connectivity index (χ0n) is 25.8. The van der Waals surface area contributed by atoms with Crippen LogP contribution in [0.4, 0.5) is 0 Å². The number of fused-ring (bicyclic) bond motifs is 7. The van der Waals surface area contributed by atoms with E-state index in [1.54, 1.807) is 0 Å². The minimum atomic E-state index is 0.590. The SMILES string of the molecule is c1ccc(-c2nc(-c3ccc4c(c3)c3ccccc3n4-c3ccccc3)nc(-n3c4ccccc4c4cc5ccccc5cc43)n2)cc1. The molecule has 5 nitrogen and oxygen atoms in total. The first-order valence-corrected chi connectivity index (χ1v) is 16.1. The quantitative estimate of drug-likeness (QED) is 0.198. The zero-order chi connectivity index (χ0) is 31.6. The normalized spacial score (nSPS) is 11.8. The van der Waals surface area contributed by atoms with Gasteiger partial charge in [-0.05, 0) is 65.4 Å². The number of hydrogen-bond acceptors (Lipinski definition) is 3. The fourth-order valence-electron chi connectivity index (χ4n) is 7.15.